The first kappa shape index (κ1) is 12.6. The van der Waals surface area contributed by atoms with Crippen LogP contribution in [0, 0.1) is 0 Å². The molecule has 0 spiro atoms. The van der Waals surface area contributed by atoms with Crippen LogP contribution < -0.4 is 5.32 Å². The highest BCUT2D eigenvalue weighted by molar-refractivity contribution is 7.67. The summed E-state index contributed by atoms with van der Waals surface area (Å²) in [7, 11) is -2.88. The molecule has 0 aliphatic carbocycles. The van der Waals surface area contributed by atoms with Gasteiger partial charge in [-0.05, 0) is 12.1 Å². The predicted molar refractivity (Wildman–Crippen MR) is 56.1 cm³/mol. The van der Waals surface area contributed by atoms with Crippen LogP contribution in [-0.2, 0) is 19.9 Å². The topological polar surface area (TPSA) is 81.7 Å². The van der Waals surface area contributed by atoms with Crippen LogP contribution in [0.25, 0.3) is 0 Å². The minimum atomic E-state index is -2.88. The maximum atomic E-state index is 11.3. The van der Waals surface area contributed by atoms with Crippen molar-refractivity contribution in [2.24, 2.45) is 0 Å². The number of hydrogen-bond acceptors (Lipinski definition) is 6. The van der Waals surface area contributed by atoms with Crippen LogP contribution in [0.3, 0.4) is 0 Å². The Bertz CT molecular complexity index is 396. The summed E-state index contributed by atoms with van der Waals surface area (Å²) in [5.41, 5.74) is 0.431. The number of rotatable bonds is 6. The number of hydrogen-bond donors (Lipinski definition) is 2. The fourth-order valence-electron chi connectivity index (χ4n) is 0.914. The minimum Gasteiger partial charge on any atom is -0.446 e. The van der Waals surface area contributed by atoms with Gasteiger partial charge in [0, 0.05) is 0 Å². The Kier molecular flexibility index (Phi) is 5.48. The standard InChI is InChI=1S/C9H11NO5S/c11-9(8-4-2-1-3-5-8)14-6-10-7-15-16(12)13/h1-5,10,16H,6-7H2. The van der Waals surface area contributed by atoms with E-state index < -0.39 is 17.0 Å². The van der Waals surface area contributed by atoms with E-state index in [1.54, 1.807) is 30.3 Å². The van der Waals surface area contributed by atoms with E-state index in [1.165, 1.54) is 0 Å². The zero-order valence-electron chi connectivity index (χ0n) is 8.29. The molecule has 0 bridgehead atoms. The highest BCUT2D eigenvalue weighted by atomic mass is 32.2. The Morgan fingerprint density at radius 3 is 2.50 bits per heavy atom. The quantitative estimate of drug-likeness (QED) is 0.315. The zero-order chi connectivity index (χ0) is 11.8. The highest BCUT2D eigenvalue weighted by Crippen LogP contribution is 1.99. The molecule has 0 saturated carbocycles. The van der Waals surface area contributed by atoms with Gasteiger partial charge in [-0.25, -0.2) is 13.2 Å². The molecule has 0 unspecified atom stereocenters. The fraction of sp³-hybridized carbons (Fsp3) is 0.222. The molecule has 0 atom stereocenters. The molecule has 0 aliphatic heterocycles. The van der Waals surface area contributed by atoms with Gasteiger partial charge in [0.1, 0.15) is 13.5 Å². The zero-order valence-corrected chi connectivity index (χ0v) is 9.18. The summed E-state index contributed by atoms with van der Waals surface area (Å²) in [6.07, 6.45) is 0. The lowest BCUT2D eigenvalue weighted by atomic mass is 10.2. The van der Waals surface area contributed by atoms with Crippen LogP contribution in [0.2, 0.25) is 0 Å². The molecular weight excluding hydrogens is 234 g/mol. The number of esters is 1. The average molecular weight is 245 g/mol. The van der Waals surface area contributed by atoms with Crippen molar-refractivity contribution < 1.29 is 22.1 Å². The van der Waals surface area contributed by atoms with Crippen molar-refractivity contribution >= 4 is 17.0 Å². The second-order valence-electron chi connectivity index (χ2n) is 2.69. The number of benzene rings is 1. The molecule has 0 fully saturated rings. The van der Waals surface area contributed by atoms with Crippen LogP contribution in [0.15, 0.2) is 30.3 Å². The van der Waals surface area contributed by atoms with E-state index in [-0.39, 0.29) is 13.5 Å². The van der Waals surface area contributed by atoms with Crippen LogP contribution >= 0.6 is 0 Å². The van der Waals surface area contributed by atoms with Crippen LogP contribution in [0.4, 0.5) is 0 Å². The average Bonchev–Trinajstić information content (AvgIpc) is 2.29. The molecular formula is C9H11NO5S. The normalized spacial score (nSPS) is 10.3. The summed E-state index contributed by atoms with van der Waals surface area (Å²) in [6.45, 7) is -0.336. The molecule has 6 nitrogen and oxygen atoms in total. The minimum absolute atomic E-state index is 0.114. The third-order valence-corrected chi connectivity index (χ3v) is 1.93. The molecule has 7 heteroatoms. The molecule has 0 saturated heterocycles. The van der Waals surface area contributed by atoms with Crippen molar-refractivity contribution in [1.82, 2.24) is 5.32 Å². The third-order valence-electron chi connectivity index (χ3n) is 1.59. The van der Waals surface area contributed by atoms with Gasteiger partial charge >= 0.3 is 5.97 Å². The molecule has 1 rings (SSSR count). The first-order valence-corrected chi connectivity index (χ1v) is 5.50. The second kappa shape index (κ2) is 6.94. The van der Waals surface area contributed by atoms with Crippen LogP contribution in [-0.4, -0.2) is 27.8 Å². The van der Waals surface area contributed by atoms with Gasteiger partial charge in [-0.3, -0.25) is 9.50 Å². The monoisotopic (exact) mass is 245 g/mol. The van der Waals surface area contributed by atoms with Crippen molar-refractivity contribution in [3.63, 3.8) is 0 Å². The van der Waals surface area contributed by atoms with Gasteiger partial charge in [-0.1, -0.05) is 18.2 Å². The van der Waals surface area contributed by atoms with E-state index in [2.05, 4.69) is 9.50 Å². The molecule has 88 valence electrons. The molecule has 0 heterocycles. The maximum Gasteiger partial charge on any atom is 0.339 e. The SMILES string of the molecule is O=C(OCNCO[SH](=O)=O)c1ccccc1. The Labute approximate surface area is 94.3 Å². The molecule has 0 aliphatic rings. The summed E-state index contributed by atoms with van der Waals surface area (Å²) in [4.78, 5) is 11.3. The van der Waals surface area contributed by atoms with E-state index in [1.807, 2.05) is 0 Å². The van der Waals surface area contributed by atoms with Gasteiger partial charge in [0.2, 0.25) is 0 Å². The van der Waals surface area contributed by atoms with Crippen LogP contribution in [0.5, 0.6) is 0 Å². The lowest BCUT2D eigenvalue weighted by Crippen LogP contribution is -2.23. The van der Waals surface area contributed by atoms with Crippen molar-refractivity contribution in [2.45, 2.75) is 0 Å². The van der Waals surface area contributed by atoms with Crippen LogP contribution in [0.1, 0.15) is 10.4 Å². The van der Waals surface area contributed by atoms with Gasteiger partial charge in [0.25, 0.3) is 11.0 Å². The number of carbonyl (C=O) groups is 1. The molecule has 1 aromatic rings. The third kappa shape index (κ3) is 4.87. The highest BCUT2D eigenvalue weighted by Gasteiger charge is 2.04. The van der Waals surface area contributed by atoms with Gasteiger partial charge in [-0.2, -0.15) is 0 Å². The number of ether oxygens (including phenoxy) is 1. The van der Waals surface area contributed by atoms with Gasteiger partial charge < -0.3 is 4.74 Å². The van der Waals surface area contributed by atoms with Gasteiger partial charge in [0.15, 0.2) is 0 Å². The Morgan fingerprint density at radius 1 is 1.19 bits per heavy atom. The van der Waals surface area contributed by atoms with Crippen molar-refractivity contribution in [1.29, 1.82) is 0 Å². The molecule has 0 radical (unpaired) electrons. The largest absolute Gasteiger partial charge is 0.446 e. The summed E-state index contributed by atoms with van der Waals surface area (Å²) >= 11 is 0. The van der Waals surface area contributed by atoms with E-state index in [9.17, 15) is 13.2 Å². The number of thiol groups is 1. The van der Waals surface area contributed by atoms with Crippen molar-refractivity contribution in [3.8, 4) is 0 Å². The van der Waals surface area contributed by atoms with Gasteiger partial charge in [0.05, 0.1) is 5.56 Å². The molecule has 16 heavy (non-hydrogen) atoms. The smallest absolute Gasteiger partial charge is 0.339 e. The van der Waals surface area contributed by atoms with Crippen molar-refractivity contribution in [2.75, 3.05) is 13.5 Å². The first-order chi connectivity index (χ1) is 7.70. The molecule has 1 N–H and O–H groups in total. The summed E-state index contributed by atoms with van der Waals surface area (Å²) in [5, 5.41) is 2.47. The predicted octanol–water partition coefficient (Wildman–Crippen LogP) is -0.109. The second-order valence-corrected chi connectivity index (χ2v) is 3.39. The summed E-state index contributed by atoms with van der Waals surface area (Å²) in [5.74, 6) is -0.486. The Morgan fingerprint density at radius 2 is 1.88 bits per heavy atom. The summed E-state index contributed by atoms with van der Waals surface area (Å²) < 4.78 is 28.9. The number of nitrogens with one attached hydrogen (secondary N) is 1. The number of carbonyl (C=O) groups excluding carboxylic acids is 1. The van der Waals surface area contributed by atoms with E-state index in [0.29, 0.717) is 5.56 Å². The first-order valence-electron chi connectivity index (χ1n) is 4.40. The van der Waals surface area contributed by atoms with E-state index in [0.717, 1.165) is 0 Å². The lowest BCUT2D eigenvalue weighted by molar-refractivity contribution is 0.0448. The summed E-state index contributed by atoms with van der Waals surface area (Å²) in [6, 6.07) is 8.46. The lowest BCUT2D eigenvalue weighted by Gasteiger charge is -2.04. The molecule has 1 aromatic carbocycles. The Balaban J connectivity index is 2.21. The molecule has 0 aromatic heterocycles. The van der Waals surface area contributed by atoms with Crippen molar-refractivity contribution in [3.05, 3.63) is 35.9 Å². The maximum absolute atomic E-state index is 11.3. The fourth-order valence-corrected chi connectivity index (χ4v) is 1.11. The van der Waals surface area contributed by atoms with E-state index >= 15 is 0 Å². The van der Waals surface area contributed by atoms with E-state index in [4.69, 9.17) is 4.74 Å². The van der Waals surface area contributed by atoms with Gasteiger partial charge in [-0.15, -0.1) is 0 Å². The Hall–Kier alpha value is -1.44. The molecule has 0 amide bonds.